The summed E-state index contributed by atoms with van der Waals surface area (Å²) >= 11 is 0. The summed E-state index contributed by atoms with van der Waals surface area (Å²) < 4.78 is 0. The number of rotatable bonds is 4. The Kier molecular flexibility index (Phi) is 3.60. The van der Waals surface area contributed by atoms with Crippen molar-refractivity contribution in [1.29, 1.82) is 0 Å². The van der Waals surface area contributed by atoms with Crippen molar-refractivity contribution < 1.29 is 0 Å². The Hall–Kier alpha value is -1.67. The standard InChI is InChI=1S/C17H20N2/c1-2-9-19-17-8-6-14-11-13(5-7-16(14)17)15-4-3-10-18-12-15/h3-5,7,10-12,17,19H,2,6,8-9H2,1H3. The lowest BCUT2D eigenvalue weighted by Crippen LogP contribution is -2.19. The van der Waals surface area contributed by atoms with Gasteiger partial charge in [-0.05, 0) is 54.1 Å². The summed E-state index contributed by atoms with van der Waals surface area (Å²) in [4.78, 5) is 4.20. The predicted octanol–water partition coefficient (Wildman–Crippen LogP) is 3.74. The maximum Gasteiger partial charge on any atom is 0.0346 e. The number of aromatic nitrogens is 1. The summed E-state index contributed by atoms with van der Waals surface area (Å²) in [7, 11) is 0. The Labute approximate surface area is 114 Å². The van der Waals surface area contributed by atoms with Gasteiger partial charge < -0.3 is 5.32 Å². The molecule has 2 aromatic rings. The van der Waals surface area contributed by atoms with Gasteiger partial charge in [0, 0.05) is 18.4 Å². The maximum absolute atomic E-state index is 4.20. The number of nitrogens with one attached hydrogen (secondary N) is 1. The highest BCUT2D eigenvalue weighted by Gasteiger charge is 2.21. The van der Waals surface area contributed by atoms with E-state index in [1.54, 1.807) is 0 Å². The molecular formula is C17H20N2. The molecule has 0 radical (unpaired) electrons. The highest BCUT2D eigenvalue weighted by molar-refractivity contribution is 5.64. The number of hydrogen-bond donors (Lipinski definition) is 1. The molecular weight excluding hydrogens is 232 g/mol. The Morgan fingerprint density at radius 2 is 2.21 bits per heavy atom. The molecule has 19 heavy (non-hydrogen) atoms. The van der Waals surface area contributed by atoms with E-state index in [0.717, 1.165) is 6.54 Å². The Morgan fingerprint density at radius 1 is 1.26 bits per heavy atom. The van der Waals surface area contributed by atoms with Crippen LogP contribution in [-0.4, -0.2) is 11.5 Å². The van der Waals surface area contributed by atoms with E-state index >= 15 is 0 Å². The summed E-state index contributed by atoms with van der Waals surface area (Å²) in [6, 6.07) is 11.5. The van der Waals surface area contributed by atoms with Crippen LogP contribution in [0.15, 0.2) is 42.7 Å². The van der Waals surface area contributed by atoms with Crippen molar-refractivity contribution >= 4 is 0 Å². The molecule has 98 valence electrons. The van der Waals surface area contributed by atoms with E-state index in [-0.39, 0.29) is 0 Å². The minimum Gasteiger partial charge on any atom is -0.310 e. The Balaban J connectivity index is 1.86. The normalized spacial score (nSPS) is 17.4. The lowest BCUT2D eigenvalue weighted by atomic mass is 10.0. The zero-order valence-electron chi connectivity index (χ0n) is 11.4. The van der Waals surface area contributed by atoms with Gasteiger partial charge in [0.25, 0.3) is 0 Å². The molecule has 1 aliphatic carbocycles. The quantitative estimate of drug-likeness (QED) is 0.896. The second-order valence-electron chi connectivity index (χ2n) is 5.20. The van der Waals surface area contributed by atoms with Gasteiger partial charge in [-0.2, -0.15) is 0 Å². The van der Waals surface area contributed by atoms with Crippen LogP contribution in [0.2, 0.25) is 0 Å². The van der Waals surface area contributed by atoms with E-state index in [2.05, 4.69) is 41.5 Å². The van der Waals surface area contributed by atoms with Crippen LogP contribution < -0.4 is 5.32 Å². The fourth-order valence-corrected chi connectivity index (χ4v) is 2.86. The lowest BCUT2D eigenvalue weighted by Gasteiger charge is -2.13. The molecule has 2 heteroatoms. The third-order valence-electron chi connectivity index (χ3n) is 3.86. The van der Waals surface area contributed by atoms with Crippen LogP contribution in [0.1, 0.15) is 36.9 Å². The average molecular weight is 252 g/mol. The van der Waals surface area contributed by atoms with Gasteiger partial charge in [0.2, 0.25) is 0 Å². The van der Waals surface area contributed by atoms with Gasteiger partial charge in [-0.1, -0.05) is 31.2 Å². The summed E-state index contributed by atoms with van der Waals surface area (Å²) in [5, 5.41) is 3.63. The first kappa shape index (κ1) is 12.4. The molecule has 1 aromatic carbocycles. The van der Waals surface area contributed by atoms with E-state index in [0.29, 0.717) is 6.04 Å². The van der Waals surface area contributed by atoms with Gasteiger partial charge in [-0.3, -0.25) is 4.98 Å². The van der Waals surface area contributed by atoms with Gasteiger partial charge in [0.05, 0.1) is 0 Å². The van der Waals surface area contributed by atoms with Crippen molar-refractivity contribution in [1.82, 2.24) is 10.3 Å². The van der Waals surface area contributed by atoms with E-state index in [1.165, 1.54) is 41.5 Å². The smallest absolute Gasteiger partial charge is 0.0346 e. The van der Waals surface area contributed by atoms with Crippen LogP contribution in [0, 0.1) is 0 Å². The third kappa shape index (κ3) is 2.54. The van der Waals surface area contributed by atoms with Gasteiger partial charge >= 0.3 is 0 Å². The molecule has 1 aromatic heterocycles. The van der Waals surface area contributed by atoms with Crippen molar-refractivity contribution in [2.24, 2.45) is 0 Å². The molecule has 1 unspecified atom stereocenters. The lowest BCUT2D eigenvalue weighted by molar-refractivity contribution is 0.529. The molecule has 3 rings (SSSR count). The van der Waals surface area contributed by atoms with Gasteiger partial charge in [0.1, 0.15) is 0 Å². The van der Waals surface area contributed by atoms with Gasteiger partial charge in [0.15, 0.2) is 0 Å². The maximum atomic E-state index is 4.20. The Bertz CT molecular complexity index is 548. The van der Waals surface area contributed by atoms with E-state index in [4.69, 9.17) is 0 Å². The summed E-state index contributed by atoms with van der Waals surface area (Å²) in [5.41, 5.74) is 5.47. The Morgan fingerprint density at radius 3 is 3.00 bits per heavy atom. The molecule has 1 aliphatic rings. The third-order valence-corrected chi connectivity index (χ3v) is 3.86. The number of aryl methyl sites for hydroxylation is 1. The molecule has 0 aliphatic heterocycles. The van der Waals surface area contributed by atoms with E-state index < -0.39 is 0 Å². The molecule has 0 spiro atoms. The summed E-state index contributed by atoms with van der Waals surface area (Å²) in [6.07, 6.45) is 7.36. The van der Waals surface area contributed by atoms with Crippen molar-refractivity contribution in [3.8, 4) is 11.1 Å². The highest BCUT2D eigenvalue weighted by Crippen LogP contribution is 2.33. The summed E-state index contributed by atoms with van der Waals surface area (Å²) in [6.45, 7) is 3.32. The molecule has 0 saturated heterocycles. The molecule has 2 nitrogen and oxygen atoms in total. The molecule has 0 amide bonds. The fourth-order valence-electron chi connectivity index (χ4n) is 2.86. The van der Waals surface area contributed by atoms with Crippen LogP contribution >= 0.6 is 0 Å². The molecule has 1 N–H and O–H groups in total. The predicted molar refractivity (Wildman–Crippen MR) is 79.0 cm³/mol. The van der Waals surface area contributed by atoms with E-state index in [9.17, 15) is 0 Å². The zero-order chi connectivity index (χ0) is 13.1. The van der Waals surface area contributed by atoms with Crippen LogP contribution in [0.3, 0.4) is 0 Å². The zero-order valence-corrected chi connectivity index (χ0v) is 11.4. The number of pyridine rings is 1. The average Bonchev–Trinajstić information content (AvgIpc) is 2.88. The van der Waals surface area contributed by atoms with Crippen LogP contribution in [-0.2, 0) is 6.42 Å². The molecule has 1 heterocycles. The fraction of sp³-hybridized carbons (Fsp3) is 0.353. The summed E-state index contributed by atoms with van der Waals surface area (Å²) in [5.74, 6) is 0. The van der Waals surface area contributed by atoms with Crippen LogP contribution in [0.25, 0.3) is 11.1 Å². The van der Waals surface area contributed by atoms with Crippen molar-refractivity contribution in [2.45, 2.75) is 32.2 Å². The molecule has 0 bridgehead atoms. The van der Waals surface area contributed by atoms with Gasteiger partial charge in [-0.25, -0.2) is 0 Å². The van der Waals surface area contributed by atoms with Crippen molar-refractivity contribution in [3.63, 3.8) is 0 Å². The first-order valence-electron chi connectivity index (χ1n) is 7.15. The molecule has 0 saturated carbocycles. The van der Waals surface area contributed by atoms with Crippen molar-refractivity contribution in [3.05, 3.63) is 53.9 Å². The number of nitrogens with zero attached hydrogens (tertiary/aromatic N) is 1. The number of fused-ring (bicyclic) bond motifs is 1. The van der Waals surface area contributed by atoms with E-state index in [1.807, 2.05) is 18.5 Å². The minimum absolute atomic E-state index is 0.554. The first-order valence-corrected chi connectivity index (χ1v) is 7.15. The minimum atomic E-state index is 0.554. The van der Waals surface area contributed by atoms with Gasteiger partial charge in [-0.15, -0.1) is 0 Å². The topological polar surface area (TPSA) is 24.9 Å². The van der Waals surface area contributed by atoms with Crippen LogP contribution in [0.5, 0.6) is 0 Å². The molecule has 1 atom stereocenters. The molecule has 0 fully saturated rings. The number of hydrogen-bond acceptors (Lipinski definition) is 2. The second-order valence-corrected chi connectivity index (χ2v) is 5.20. The monoisotopic (exact) mass is 252 g/mol. The number of benzene rings is 1. The second kappa shape index (κ2) is 5.54. The SMILES string of the molecule is CCCNC1CCc2cc(-c3cccnc3)ccc21. The largest absolute Gasteiger partial charge is 0.310 e. The van der Waals surface area contributed by atoms with Crippen molar-refractivity contribution in [2.75, 3.05) is 6.54 Å². The van der Waals surface area contributed by atoms with Crippen LogP contribution in [0.4, 0.5) is 0 Å². The first-order chi connectivity index (χ1) is 9.38. The highest BCUT2D eigenvalue weighted by atomic mass is 14.9.